The highest BCUT2D eigenvalue weighted by atomic mass is 15.2. The lowest BCUT2D eigenvalue weighted by molar-refractivity contribution is 0.144. The predicted molar refractivity (Wildman–Crippen MR) is 73.0 cm³/mol. The van der Waals surface area contributed by atoms with Crippen molar-refractivity contribution in [2.24, 2.45) is 11.7 Å². The van der Waals surface area contributed by atoms with Crippen LogP contribution in [0.25, 0.3) is 0 Å². The molecule has 1 saturated heterocycles. The molecule has 1 unspecified atom stereocenters. The first-order valence-corrected chi connectivity index (χ1v) is 6.77. The Morgan fingerprint density at radius 1 is 1.24 bits per heavy atom. The van der Waals surface area contributed by atoms with Crippen LogP contribution in [0.3, 0.4) is 0 Å². The van der Waals surface area contributed by atoms with Gasteiger partial charge in [-0.15, -0.1) is 0 Å². The van der Waals surface area contributed by atoms with Crippen molar-refractivity contribution >= 4 is 0 Å². The summed E-state index contributed by atoms with van der Waals surface area (Å²) in [7, 11) is 0. The zero-order valence-corrected chi connectivity index (χ0v) is 10.8. The minimum absolute atomic E-state index is 0.549. The van der Waals surface area contributed by atoms with Gasteiger partial charge in [0.25, 0.3) is 0 Å². The van der Waals surface area contributed by atoms with E-state index < -0.39 is 0 Å². The molecule has 0 saturated carbocycles. The Bertz CT molecular complexity index is 315. The number of nitrogens with zero attached hydrogens (tertiary/aromatic N) is 1. The first kappa shape index (κ1) is 12.6. The summed E-state index contributed by atoms with van der Waals surface area (Å²) in [5, 5.41) is 0. The number of nitrogens with two attached hydrogens (primary N) is 1. The number of benzene rings is 1. The van der Waals surface area contributed by atoms with Crippen LogP contribution in [0.4, 0.5) is 0 Å². The first-order chi connectivity index (χ1) is 8.29. The summed E-state index contributed by atoms with van der Waals surface area (Å²) < 4.78 is 0. The molecule has 94 valence electrons. The monoisotopic (exact) mass is 232 g/mol. The van der Waals surface area contributed by atoms with E-state index >= 15 is 0 Å². The van der Waals surface area contributed by atoms with Gasteiger partial charge in [0.05, 0.1) is 0 Å². The molecule has 0 spiro atoms. The van der Waals surface area contributed by atoms with Crippen molar-refractivity contribution in [2.75, 3.05) is 19.6 Å². The number of hydrogen-bond donors (Lipinski definition) is 1. The van der Waals surface area contributed by atoms with E-state index in [-0.39, 0.29) is 0 Å². The Morgan fingerprint density at radius 2 is 1.88 bits per heavy atom. The van der Waals surface area contributed by atoms with E-state index in [2.05, 4.69) is 42.2 Å². The molecule has 0 aromatic heterocycles. The van der Waals surface area contributed by atoms with Gasteiger partial charge in [0.1, 0.15) is 0 Å². The van der Waals surface area contributed by atoms with Crippen molar-refractivity contribution in [1.29, 1.82) is 0 Å². The fraction of sp³-hybridized carbons (Fsp3) is 0.600. The van der Waals surface area contributed by atoms with Crippen LogP contribution in [0.1, 0.15) is 25.3 Å². The molecule has 1 heterocycles. The molecule has 0 amide bonds. The van der Waals surface area contributed by atoms with Crippen LogP contribution in [0, 0.1) is 5.92 Å². The van der Waals surface area contributed by atoms with E-state index in [1.807, 2.05) is 0 Å². The molecule has 1 aliphatic heterocycles. The zero-order chi connectivity index (χ0) is 12.1. The summed E-state index contributed by atoms with van der Waals surface area (Å²) in [6.07, 6.45) is 3.88. The van der Waals surface area contributed by atoms with E-state index in [4.69, 9.17) is 5.73 Å². The topological polar surface area (TPSA) is 29.3 Å². The Kier molecular flexibility index (Phi) is 4.57. The van der Waals surface area contributed by atoms with Gasteiger partial charge >= 0.3 is 0 Å². The summed E-state index contributed by atoms with van der Waals surface area (Å²) in [6.45, 7) is 5.45. The van der Waals surface area contributed by atoms with E-state index in [1.165, 1.54) is 37.9 Å². The van der Waals surface area contributed by atoms with Crippen LogP contribution in [0.15, 0.2) is 30.3 Å². The molecule has 1 aromatic rings. The Morgan fingerprint density at radius 3 is 2.47 bits per heavy atom. The zero-order valence-electron chi connectivity index (χ0n) is 10.8. The van der Waals surface area contributed by atoms with E-state index in [1.54, 1.807) is 0 Å². The van der Waals surface area contributed by atoms with Gasteiger partial charge in [0.2, 0.25) is 0 Å². The summed E-state index contributed by atoms with van der Waals surface area (Å²) in [5.74, 6) is 0.860. The SMILES string of the molecule is CC(CN)N1CCC(Cc2ccccc2)CC1. The Labute approximate surface area is 105 Å². The average molecular weight is 232 g/mol. The van der Waals surface area contributed by atoms with Crippen LogP contribution in [-0.4, -0.2) is 30.6 Å². The maximum absolute atomic E-state index is 5.72. The fourth-order valence-electron chi connectivity index (χ4n) is 2.69. The third-order valence-corrected chi connectivity index (χ3v) is 3.98. The van der Waals surface area contributed by atoms with E-state index in [9.17, 15) is 0 Å². The van der Waals surface area contributed by atoms with Crippen LogP contribution in [0.2, 0.25) is 0 Å². The van der Waals surface area contributed by atoms with Crippen molar-refractivity contribution in [2.45, 2.75) is 32.2 Å². The minimum atomic E-state index is 0.549. The first-order valence-electron chi connectivity index (χ1n) is 6.77. The molecule has 0 bridgehead atoms. The largest absolute Gasteiger partial charge is 0.329 e. The second-order valence-corrected chi connectivity index (χ2v) is 5.25. The van der Waals surface area contributed by atoms with Gasteiger partial charge < -0.3 is 5.73 Å². The van der Waals surface area contributed by atoms with E-state index in [0.29, 0.717) is 6.04 Å². The van der Waals surface area contributed by atoms with Gasteiger partial charge in [0, 0.05) is 12.6 Å². The van der Waals surface area contributed by atoms with Crippen LogP contribution in [-0.2, 0) is 6.42 Å². The molecular formula is C15H24N2. The predicted octanol–water partition coefficient (Wildman–Crippen LogP) is 2.29. The highest BCUT2D eigenvalue weighted by molar-refractivity contribution is 5.15. The molecule has 2 heteroatoms. The standard InChI is InChI=1S/C15H24N2/c1-13(12-16)17-9-7-15(8-10-17)11-14-5-3-2-4-6-14/h2-6,13,15H,7-12,16H2,1H3. The van der Waals surface area contributed by atoms with Crippen LogP contribution in [0.5, 0.6) is 0 Å². The summed E-state index contributed by atoms with van der Waals surface area (Å²) in [6, 6.07) is 11.4. The van der Waals surface area contributed by atoms with Crippen molar-refractivity contribution in [3.8, 4) is 0 Å². The molecule has 2 nitrogen and oxygen atoms in total. The second kappa shape index (κ2) is 6.18. The number of likely N-dealkylation sites (tertiary alicyclic amines) is 1. The molecule has 1 atom stereocenters. The smallest absolute Gasteiger partial charge is 0.0190 e. The maximum Gasteiger partial charge on any atom is 0.0190 e. The van der Waals surface area contributed by atoms with Gasteiger partial charge in [-0.25, -0.2) is 0 Å². The van der Waals surface area contributed by atoms with Crippen molar-refractivity contribution in [3.63, 3.8) is 0 Å². The molecule has 2 rings (SSSR count). The van der Waals surface area contributed by atoms with Crippen LogP contribution < -0.4 is 5.73 Å². The second-order valence-electron chi connectivity index (χ2n) is 5.25. The van der Waals surface area contributed by atoms with Gasteiger partial charge in [-0.3, -0.25) is 4.90 Å². The molecule has 1 fully saturated rings. The molecule has 17 heavy (non-hydrogen) atoms. The normalized spacial score (nSPS) is 20.4. The lowest BCUT2D eigenvalue weighted by Crippen LogP contribution is -2.43. The molecule has 1 aliphatic rings. The van der Waals surface area contributed by atoms with E-state index in [0.717, 1.165) is 12.5 Å². The minimum Gasteiger partial charge on any atom is -0.329 e. The molecule has 2 N–H and O–H groups in total. The number of rotatable bonds is 4. The van der Waals surface area contributed by atoms with Crippen LogP contribution >= 0.6 is 0 Å². The molecular weight excluding hydrogens is 208 g/mol. The van der Waals surface area contributed by atoms with Gasteiger partial charge in [-0.05, 0) is 50.8 Å². The van der Waals surface area contributed by atoms with Crippen molar-refractivity contribution in [1.82, 2.24) is 4.90 Å². The lowest BCUT2D eigenvalue weighted by atomic mass is 9.90. The third kappa shape index (κ3) is 3.55. The Balaban J connectivity index is 1.80. The summed E-state index contributed by atoms with van der Waals surface area (Å²) >= 11 is 0. The fourth-order valence-corrected chi connectivity index (χ4v) is 2.69. The summed E-state index contributed by atoms with van der Waals surface area (Å²) in [4.78, 5) is 2.53. The number of hydrogen-bond acceptors (Lipinski definition) is 2. The lowest BCUT2D eigenvalue weighted by Gasteiger charge is -2.35. The average Bonchev–Trinajstić information content (AvgIpc) is 2.40. The highest BCUT2D eigenvalue weighted by Crippen LogP contribution is 2.22. The quantitative estimate of drug-likeness (QED) is 0.863. The van der Waals surface area contributed by atoms with Gasteiger partial charge in [0.15, 0.2) is 0 Å². The molecule has 0 radical (unpaired) electrons. The number of piperidine rings is 1. The summed E-state index contributed by atoms with van der Waals surface area (Å²) in [5.41, 5.74) is 7.20. The van der Waals surface area contributed by atoms with Crippen molar-refractivity contribution in [3.05, 3.63) is 35.9 Å². The van der Waals surface area contributed by atoms with Gasteiger partial charge in [-0.1, -0.05) is 30.3 Å². The highest BCUT2D eigenvalue weighted by Gasteiger charge is 2.21. The molecule has 1 aromatic carbocycles. The van der Waals surface area contributed by atoms with Gasteiger partial charge in [-0.2, -0.15) is 0 Å². The molecule has 0 aliphatic carbocycles. The maximum atomic E-state index is 5.72. The Hall–Kier alpha value is -0.860. The third-order valence-electron chi connectivity index (χ3n) is 3.98. The van der Waals surface area contributed by atoms with Crippen molar-refractivity contribution < 1.29 is 0 Å².